The molecule has 0 saturated heterocycles. The van der Waals surface area contributed by atoms with Gasteiger partial charge in [0.25, 0.3) is 0 Å². The summed E-state index contributed by atoms with van der Waals surface area (Å²) in [5.74, 6) is 0.384. The number of aromatic amines is 1. The van der Waals surface area contributed by atoms with Crippen molar-refractivity contribution in [2.45, 2.75) is 0 Å². The summed E-state index contributed by atoms with van der Waals surface area (Å²) in [7, 11) is 0. The van der Waals surface area contributed by atoms with Crippen molar-refractivity contribution < 1.29 is 10.2 Å². The van der Waals surface area contributed by atoms with Crippen molar-refractivity contribution in [3.63, 3.8) is 0 Å². The van der Waals surface area contributed by atoms with Crippen molar-refractivity contribution >= 4 is 11.0 Å². The molecule has 0 spiro atoms. The second kappa shape index (κ2) is 3.52. The van der Waals surface area contributed by atoms with E-state index in [9.17, 15) is 10.2 Å². The van der Waals surface area contributed by atoms with E-state index in [4.69, 9.17) is 0 Å². The number of fused-ring (bicyclic) bond motifs is 1. The first-order valence-corrected chi connectivity index (χ1v) is 5.21. The van der Waals surface area contributed by atoms with Crippen molar-refractivity contribution in [3.8, 4) is 22.9 Å². The fourth-order valence-corrected chi connectivity index (χ4v) is 1.76. The number of imidazole rings is 1. The molecule has 1 aromatic heterocycles. The highest BCUT2D eigenvalue weighted by molar-refractivity contribution is 5.79. The number of rotatable bonds is 1. The molecule has 0 bridgehead atoms. The molecular formula is C13H10N2O2. The van der Waals surface area contributed by atoms with Crippen molar-refractivity contribution in [2.75, 3.05) is 0 Å². The molecule has 4 nitrogen and oxygen atoms in total. The predicted octanol–water partition coefficient (Wildman–Crippen LogP) is 2.64. The van der Waals surface area contributed by atoms with Crippen LogP contribution in [-0.4, -0.2) is 20.2 Å². The lowest BCUT2D eigenvalue weighted by Crippen LogP contribution is -1.80. The van der Waals surface area contributed by atoms with Crippen LogP contribution < -0.4 is 0 Å². The first-order valence-electron chi connectivity index (χ1n) is 5.21. The Morgan fingerprint density at radius 1 is 0.941 bits per heavy atom. The van der Waals surface area contributed by atoms with E-state index in [2.05, 4.69) is 9.97 Å². The first-order chi connectivity index (χ1) is 8.24. The molecule has 3 N–H and O–H groups in total. The number of para-hydroxylation sites is 2. The lowest BCUT2D eigenvalue weighted by atomic mass is 10.2. The van der Waals surface area contributed by atoms with Crippen LogP contribution in [0, 0.1) is 0 Å². The molecule has 84 valence electrons. The van der Waals surface area contributed by atoms with Crippen LogP contribution in [0.3, 0.4) is 0 Å². The van der Waals surface area contributed by atoms with E-state index in [1.165, 1.54) is 12.1 Å². The molecule has 0 aliphatic carbocycles. The van der Waals surface area contributed by atoms with Gasteiger partial charge in [0, 0.05) is 5.56 Å². The minimum Gasteiger partial charge on any atom is -0.504 e. The van der Waals surface area contributed by atoms with Crippen LogP contribution in [0.2, 0.25) is 0 Å². The summed E-state index contributed by atoms with van der Waals surface area (Å²) in [5.41, 5.74) is 2.54. The number of phenols is 2. The maximum atomic E-state index is 9.44. The van der Waals surface area contributed by atoms with Gasteiger partial charge in [-0.05, 0) is 30.3 Å². The lowest BCUT2D eigenvalue weighted by Gasteiger charge is -1.99. The SMILES string of the molecule is Oc1ccc(-c2nc3ccccc3[nH]2)cc1O. The van der Waals surface area contributed by atoms with Crippen LogP contribution >= 0.6 is 0 Å². The summed E-state index contributed by atoms with van der Waals surface area (Å²) < 4.78 is 0. The minimum atomic E-state index is -0.150. The van der Waals surface area contributed by atoms with Crippen LogP contribution in [0.25, 0.3) is 22.4 Å². The summed E-state index contributed by atoms with van der Waals surface area (Å²) in [6, 6.07) is 12.3. The zero-order valence-electron chi connectivity index (χ0n) is 8.88. The molecule has 17 heavy (non-hydrogen) atoms. The number of nitrogens with one attached hydrogen (secondary N) is 1. The van der Waals surface area contributed by atoms with E-state index in [0.29, 0.717) is 5.82 Å². The van der Waals surface area contributed by atoms with Crippen molar-refractivity contribution in [1.29, 1.82) is 0 Å². The molecule has 2 aromatic carbocycles. The monoisotopic (exact) mass is 226 g/mol. The zero-order chi connectivity index (χ0) is 11.8. The van der Waals surface area contributed by atoms with Gasteiger partial charge in [-0.25, -0.2) is 4.98 Å². The zero-order valence-corrected chi connectivity index (χ0v) is 8.88. The fraction of sp³-hybridized carbons (Fsp3) is 0. The number of aromatic hydroxyl groups is 2. The quantitative estimate of drug-likeness (QED) is 0.559. The molecular weight excluding hydrogens is 216 g/mol. The number of hydrogen-bond donors (Lipinski definition) is 3. The molecule has 0 saturated carbocycles. The van der Waals surface area contributed by atoms with Gasteiger partial charge >= 0.3 is 0 Å². The third kappa shape index (κ3) is 1.59. The van der Waals surface area contributed by atoms with Gasteiger partial charge in [-0.15, -0.1) is 0 Å². The second-order valence-corrected chi connectivity index (χ2v) is 3.81. The van der Waals surface area contributed by atoms with E-state index in [-0.39, 0.29) is 11.5 Å². The van der Waals surface area contributed by atoms with Gasteiger partial charge in [0.15, 0.2) is 11.5 Å². The standard InChI is InChI=1S/C13H10N2O2/c16-11-6-5-8(7-12(11)17)13-14-9-3-1-2-4-10(9)15-13/h1-7,16-17H,(H,14,15). The molecule has 0 unspecified atom stereocenters. The lowest BCUT2D eigenvalue weighted by molar-refractivity contribution is 0.404. The van der Waals surface area contributed by atoms with Gasteiger partial charge < -0.3 is 15.2 Å². The predicted molar refractivity (Wildman–Crippen MR) is 64.9 cm³/mol. The molecule has 0 fully saturated rings. The van der Waals surface area contributed by atoms with Crippen molar-refractivity contribution in [2.24, 2.45) is 0 Å². The van der Waals surface area contributed by atoms with Crippen LogP contribution in [-0.2, 0) is 0 Å². The number of hydrogen-bond acceptors (Lipinski definition) is 3. The Balaban J connectivity index is 2.17. The summed E-state index contributed by atoms with van der Waals surface area (Å²) in [6.45, 7) is 0. The molecule has 0 amide bonds. The van der Waals surface area contributed by atoms with Gasteiger partial charge in [0.1, 0.15) is 5.82 Å². The fourth-order valence-electron chi connectivity index (χ4n) is 1.76. The Bertz CT molecular complexity index is 656. The number of aromatic nitrogens is 2. The van der Waals surface area contributed by atoms with Gasteiger partial charge in [0.05, 0.1) is 11.0 Å². The smallest absolute Gasteiger partial charge is 0.158 e. The third-order valence-electron chi connectivity index (χ3n) is 2.64. The van der Waals surface area contributed by atoms with Crippen LogP contribution in [0.4, 0.5) is 0 Å². The topological polar surface area (TPSA) is 69.1 Å². The van der Waals surface area contributed by atoms with Gasteiger partial charge in [-0.2, -0.15) is 0 Å². The number of benzene rings is 2. The van der Waals surface area contributed by atoms with Crippen molar-refractivity contribution in [1.82, 2.24) is 9.97 Å². The molecule has 3 aromatic rings. The second-order valence-electron chi connectivity index (χ2n) is 3.81. The maximum absolute atomic E-state index is 9.44. The van der Waals surface area contributed by atoms with Gasteiger partial charge in [0.2, 0.25) is 0 Å². The van der Waals surface area contributed by atoms with Gasteiger partial charge in [-0.1, -0.05) is 12.1 Å². The molecule has 0 aliphatic rings. The van der Waals surface area contributed by atoms with Gasteiger partial charge in [-0.3, -0.25) is 0 Å². The van der Waals surface area contributed by atoms with E-state index < -0.39 is 0 Å². The normalized spacial score (nSPS) is 10.8. The van der Waals surface area contributed by atoms with E-state index in [1.807, 2.05) is 24.3 Å². The Morgan fingerprint density at radius 3 is 2.53 bits per heavy atom. The molecule has 0 aliphatic heterocycles. The Hall–Kier alpha value is -2.49. The highest BCUT2D eigenvalue weighted by atomic mass is 16.3. The highest BCUT2D eigenvalue weighted by Gasteiger charge is 2.07. The number of nitrogens with zero attached hydrogens (tertiary/aromatic N) is 1. The summed E-state index contributed by atoms with van der Waals surface area (Å²) in [6.07, 6.45) is 0. The first kappa shape index (κ1) is 9.72. The Kier molecular flexibility index (Phi) is 2.01. The average molecular weight is 226 g/mol. The molecule has 0 radical (unpaired) electrons. The molecule has 4 heteroatoms. The third-order valence-corrected chi connectivity index (χ3v) is 2.64. The Morgan fingerprint density at radius 2 is 1.76 bits per heavy atom. The minimum absolute atomic E-state index is 0.134. The van der Waals surface area contributed by atoms with Crippen LogP contribution in [0.15, 0.2) is 42.5 Å². The molecule has 1 heterocycles. The molecule has 0 atom stereocenters. The Labute approximate surface area is 97.2 Å². The maximum Gasteiger partial charge on any atom is 0.158 e. The molecule has 3 rings (SSSR count). The number of phenolic OH excluding ortho intramolecular Hbond substituents is 2. The summed E-state index contributed by atoms with van der Waals surface area (Å²) in [5, 5.41) is 18.7. The number of H-pyrrole nitrogens is 1. The highest BCUT2D eigenvalue weighted by Crippen LogP contribution is 2.29. The average Bonchev–Trinajstić information content (AvgIpc) is 2.76. The summed E-state index contributed by atoms with van der Waals surface area (Å²) in [4.78, 5) is 7.56. The van der Waals surface area contributed by atoms with Crippen LogP contribution in [0.1, 0.15) is 0 Å². The largest absolute Gasteiger partial charge is 0.504 e. The van der Waals surface area contributed by atoms with Crippen LogP contribution in [0.5, 0.6) is 11.5 Å². The van der Waals surface area contributed by atoms with E-state index >= 15 is 0 Å². The summed E-state index contributed by atoms with van der Waals surface area (Å²) >= 11 is 0. The van der Waals surface area contributed by atoms with E-state index in [0.717, 1.165) is 16.6 Å². The van der Waals surface area contributed by atoms with E-state index in [1.54, 1.807) is 6.07 Å². The van der Waals surface area contributed by atoms with Crippen molar-refractivity contribution in [3.05, 3.63) is 42.5 Å².